The molecule has 0 radical (unpaired) electrons. The van der Waals surface area contributed by atoms with Crippen LogP contribution in [0.15, 0.2) is 59.6 Å². The number of aromatic amines is 1. The standard InChI is InChI=1S/C23H25N7S/c1-29-10-12-30(13-11-29)18-8-6-17(7-9-18)25-23-21-20(15-24-28-21)26-22(27-23)16-4-3-5-19(14-16)31-2/h3-9,14-15H,10-13H2,1-2H3,(H,24,28)(H,25,26,27). The van der Waals surface area contributed by atoms with Crippen LogP contribution in [0, 0.1) is 0 Å². The van der Waals surface area contributed by atoms with Crippen molar-refractivity contribution in [2.45, 2.75) is 4.90 Å². The van der Waals surface area contributed by atoms with Crippen molar-refractivity contribution in [3.8, 4) is 11.4 Å². The summed E-state index contributed by atoms with van der Waals surface area (Å²) in [6.45, 7) is 4.31. The average molecular weight is 432 g/mol. The number of nitrogens with one attached hydrogen (secondary N) is 2. The summed E-state index contributed by atoms with van der Waals surface area (Å²) < 4.78 is 0. The van der Waals surface area contributed by atoms with Gasteiger partial charge < -0.3 is 15.1 Å². The molecule has 4 aromatic rings. The highest BCUT2D eigenvalue weighted by molar-refractivity contribution is 7.98. The highest BCUT2D eigenvalue weighted by Gasteiger charge is 2.15. The van der Waals surface area contributed by atoms with Gasteiger partial charge in [-0.25, -0.2) is 9.97 Å². The van der Waals surface area contributed by atoms with E-state index in [1.165, 1.54) is 10.6 Å². The lowest BCUT2D eigenvalue weighted by Crippen LogP contribution is -2.44. The Labute approximate surface area is 185 Å². The number of benzene rings is 2. The molecule has 5 rings (SSSR count). The summed E-state index contributed by atoms with van der Waals surface area (Å²) in [4.78, 5) is 15.5. The van der Waals surface area contributed by atoms with Gasteiger partial charge >= 0.3 is 0 Å². The maximum Gasteiger partial charge on any atom is 0.162 e. The summed E-state index contributed by atoms with van der Waals surface area (Å²) in [6, 6.07) is 16.8. The van der Waals surface area contributed by atoms with E-state index in [4.69, 9.17) is 9.97 Å². The molecule has 0 bridgehead atoms. The molecular formula is C23H25N7S. The topological polar surface area (TPSA) is 73.0 Å². The van der Waals surface area contributed by atoms with Gasteiger partial charge in [-0.2, -0.15) is 5.10 Å². The van der Waals surface area contributed by atoms with Crippen LogP contribution < -0.4 is 10.2 Å². The summed E-state index contributed by atoms with van der Waals surface area (Å²) in [5.41, 5.74) is 4.81. The van der Waals surface area contributed by atoms with E-state index < -0.39 is 0 Å². The molecule has 0 atom stereocenters. The number of fused-ring (bicyclic) bond motifs is 1. The molecule has 8 heteroatoms. The zero-order valence-corrected chi connectivity index (χ0v) is 18.5. The third-order valence-corrected chi connectivity index (χ3v) is 6.35. The summed E-state index contributed by atoms with van der Waals surface area (Å²) in [7, 11) is 2.17. The van der Waals surface area contributed by atoms with Crippen LogP contribution in [-0.4, -0.2) is 64.5 Å². The third-order valence-electron chi connectivity index (χ3n) is 5.63. The molecule has 2 aromatic carbocycles. The van der Waals surface area contributed by atoms with Gasteiger partial charge in [-0.15, -0.1) is 11.8 Å². The van der Waals surface area contributed by atoms with Crippen LogP contribution in [0.3, 0.4) is 0 Å². The van der Waals surface area contributed by atoms with Gasteiger partial charge in [0.05, 0.1) is 6.20 Å². The summed E-state index contributed by atoms with van der Waals surface area (Å²) >= 11 is 1.71. The highest BCUT2D eigenvalue weighted by Crippen LogP contribution is 2.28. The minimum atomic E-state index is 0.682. The number of hydrogen-bond donors (Lipinski definition) is 2. The van der Waals surface area contributed by atoms with Crippen molar-refractivity contribution in [2.75, 3.05) is 49.7 Å². The second-order valence-corrected chi connectivity index (χ2v) is 8.60. The summed E-state index contributed by atoms with van der Waals surface area (Å²) in [5.74, 6) is 1.40. The van der Waals surface area contributed by atoms with Crippen molar-refractivity contribution in [3.63, 3.8) is 0 Å². The molecule has 0 amide bonds. The molecule has 0 spiro atoms. The fourth-order valence-electron chi connectivity index (χ4n) is 3.78. The first kappa shape index (κ1) is 19.8. The quantitative estimate of drug-likeness (QED) is 0.458. The molecular weight excluding hydrogens is 406 g/mol. The maximum absolute atomic E-state index is 4.82. The summed E-state index contributed by atoms with van der Waals surface area (Å²) in [5, 5.41) is 10.6. The molecule has 7 nitrogen and oxygen atoms in total. The number of anilines is 3. The largest absolute Gasteiger partial charge is 0.369 e. The van der Waals surface area contributed by atoms with Crippen LogP contribution in [0.25, 0.3) is 22.4 Å². The fraction of sp³-hybridized carbons (Fsp3) is 0.261. The zero-order chi connectivity index (χ0) is 21.2. The normalized spacial score (nSPS) is 14.8. The molecule has 158 valence electrons. The number of aromatic nitrogens is 4. The number of hydrogen-bond acceptors (Lipinski definition) is 7. The number of rotatable bonds is 5. The number of piperazine rings is 1. The molecule has 1 aliphatic heterocycles. The molecule has 0 unspecified atom stereocenters. The molecule has 1 fully saturated rings. The lowest BCUT2D eigenvalue weighted by Gasteiger charge is -2.34. The Kier molecular flexibility index (Phi) is 5.48. The molecule has 31 heavy (non-hydrogen) atoms. The molecule has 2 aromatic heterocycles. The van der Waals surface area contributed by atoms with Crippen molar-refractivity contribution >= 4 is 40.0 Å². The van der Waals surface area contributed by atoms with Crippen LogP contribution >= 0.6 is 11.8 Å². The van der Waals surface area contributed by atoms with Crippen molar-refractivity contribution in [1.82, 2.24) is 25.1 Å². The van der Waals surface area contributed by atoms with Crippen LogP contribution in [0.5, 0.6) is 0 Å². The number of thioether (sulfide) groups is 1. The Morgan fingerprint density at radius 2 is 1.81 bits per heavy atom. The van der Waals surface area contributed by atoms with Gasteiger partial charge in [0.1, 0.15) is 11.0 Å². The van der Waals surface area contributed by atoms with Gasteiger partial charge in [0.25, 0.3) is 0 Å². The van der Waals surface area contributed by atoms with Crippen molar-refractivity contribution in [1.29, 1.82) is 0 Å². The van der Waals surface area contributed by atoms with E-state index in [9.17, 15) is 0 Å². The first-order chi connectivity index (χ1) is 15.2. The van der Waals surface area contributed by atoms with Crippen molar-refractivity contribution in [3.05, 3.63) is 54.7 Å². The molecule has 0 aliphatic carbocycles. The van der Waals surface area contributed by atoms with Gasteiger partial charge in [0.15, 0.2) is 11.6 Å². The average Bonchev–Trinajstić information content (AvgIpc) is 3.29. The predicted octanol–water partition coefficient (Wildman–Crippen LogP) is 4.24. The van der Waals surface area contributed by atoms with Gasteiger partial charge in [0, 0.05) is 48.0 Å². The van der Waals surface area contributed by atoms with Crippen molar-refractivity contribution in [2.24, 2.45) is 0 Å². The molecule has 1 aliphatic rings. The van der Waals surface area contributed by atoms with Gasteiger partial charge in [-0.3, -0.25) is 5.10 Å². The Morgan fingerprint density at radius 3 is 2.58 bits per heavy atom. The van der Waals surface area contributed by atoms with Crippen LogP contribution in [0.2, 0.25) is 0 Å². The second-order valence-electron chi connectivity index (χ2n) is 7.72. The molecule has 0 saturated carbocycles. The van der Waals surface area contributed by atoms with E-state index in [-0.39, 0.29) is 0 Å². The Bertz CT molecular complexity index is 1180. The Hall–Kier alpha value is -3.10. The monoisotopic (exact) mass is 431 g/mol. The molecule has 2 N–H and O–H groups in total. The van der Waals surface area contributed by atoms with E-state index in [0.717, 1.165) is 54.3 Å². The number of likely N-dealkylation sites (N-methyl/N-ethyl adjacent to an activating group) is 1. The lowest BCUT2D eigenvalue weighted by molar-refractivity contribution is 0.313. The minimum Gasteiger partial charge on any atom is -0.369 e. The van der Waals surface area contributed by atoms with Gasteiger partial charge in [-0.05, 0) is 49.7 Å². The first-order valence-electron chi connectivity index (χ1n) is 10.4. The molecule has 1 saturated heterocycles. The summed E-state index contributed by atoms with van der Waals surface area (Å²) in [6.07, 6.45) is 3.80. The van der Waals surface area contributed by atoms with Crippen LogP contribution in [-0.2, 0) is 0 Å². The van der Waals surface area contributed by atoms with Gasteiger partial charge in [-0.1, -0.05) is 12.1 Å². The number of H-pyrrole nitrogens is 1. The van der Waals surface area contributed by atoms with E-state index >= 15 is 0 Å². The van der Waals surface area contributed by atoms with Crippen molar-refractivity contribution < 1.29 is 0 Å². The van der Waals surface area contributed by atoms with E-state index in [0.29, 0.717) is 5.82 Å². The fourth-order valence-corrected chi connectivity index (χ4v) is 4.24. The molecule has 3 heterocycles. The highest BCUT2D eigenvalue weighted by atomic mass is 32.2. The Morgan fingerprint density at radius 1 is 1.00 bits per heavy atom. The predicted molar refractivity (Wildman–Crippen MR) is 128 cm³/mol. The SMILES string of the molecule is CSc1cccc(-c2nc(Nc3ccc(N4CCN(C)CC4)cc3)c3[nH]ncc3n2)c1. The maximum atomic E-state index is 4.82. The minimum absolute atomic E-state index is 0.682. The van der Waals surface area contributed by atoms with E-state index in [2.05, 4.69) is 75.0 Å². The number of nitrogens with zero attached hydrogens (tertiary/aromatic N) is 5. The lowest BCUT2D eigenvalue weighted by atomic mass is 10.2. The Balaban J connectivity index is 1.43. The van der Waals surface area contributed by atoms with Crippen LogP contribution in [0.4, 0.5) is 17.2 Å². The first-order valence-corrected chi connectivity index (χ1v) is 11.6. The zero-order valence-electron chi connectivity index (χ0n) is 17.7. The third kappa shape index (κ3) is 4.22. The van der Waals surface area contributed by atoms with Crippen LogP contribution in [0.1, 0.15) is 0 Å². The van der Waals surface area contributed by atoms with E-state index in [1.807, 2.05) is 12.1 Å². The second kappa shape index (κ2) is 8.56. The smallest absolute Gasteiger partial charge is 0.162 e. The van der Waals surface area contributed by atoms with Gasteiger partial charge in [0.2, 0.25) is 0 Å². The van der Waals surface area contributed by atoms with E-state index in [1.54, 1.807) is 18.0 Å².